The van der Waals surface area contributed by atoms with Crippen LogP contribution in [-0.2, 0) is 9.53 Å². The third kappa shape index (κ3) is 14.3. The van der Waals surface area contributed by atoms with E-state index in [0.717, 1.165) is 18.8 Å². The number of hydrazine groups is 1. The van der Waals surface area contributed by atoms with E-state index in [1.165, 1.54) is 19.3 Å². The summed E-state index contributed by atoms with van der Waals surface area (Å²) in [6.07, 6.45) is 5.81. The number of hydrogen-bond acceptors (Lipinski definition) is 4. The summed E-state index contributed by atoms with van der Waals surface area (Å²) < 4.78 is 5.26. The van der Waals surface area contributed by atoms with E-state index >= 15 is 0 Å². The first-order chi connectivity index (χ1) is 11.1. The molecule has 1 atom stereocenters. The molecule has 6 heteroatoms. The Morgan fingerprint density at radius 3 is 2.29 bits per heavy atom. The average molecular weight is 344 g/mol. The van der Waals surface area contributed by atoms with Crippen molar-refractivity contribution in [2.45, 2.75) is 85.2 Å². The van der Waals surface area contributed by atoms with Crippen molar-refractivity contribution in [2.24, 2.45) is 5.92 Å². The topological polar surface area (TPSA) is 78.9 Å². The predicted octanol–water partition coefficient (Wildman–Crippen LogP) is 4.20. The third-order valence-corrected chi connectivity index (χ3v) is 3.79. The summed E-state index contributed by atoms with van der Waals surface area (Å²) >= 11 is 0. The minimum Gasteiger partial charge on any atom is -0.481 e. The summed E-state index contributed by atoms with van der Waals surface area (Å²) in [5.41, 5.74) is 2.19. The van der Waals surface area contributed by atoms with Gasteiger partial charge in [0.05, 0.1) is 0 Å². The number of unbranched alkanes of at least 4 members (excludes halogenated alkanes) is 2. The maximum atomic E-state index is 11.9. The van der Waals surface area contributed by atoms with Gasteiger partial charge in [0.2, 0.25) is 0 Å². The predicted molar refractivity (Wildman–Crippen MR) is 95.7 cm³/mol. The van der Waals surface area contributed by atoms with Crippen LogP contribution in [0.3, 0.4) is 0 Å². The van der Waals surface area contributed by atoms with Crippen LogP contribution in [0, 0.1) is 5.92 Å². The molecule has 142 valence electrons. The first-order valence-electron chi connectivity index (χ1n) is 9.10. The quantitative estimate of drug-likeness (QED) is 0.410. The number of carboxylic acid groups (broad SMARTS) is 1. The van der Waals surface area contributed by atoms with Crippen molar-refractivity contribution in [3.8, 4) is 0 Å². The average Bonchev–Trinajstić information content (AvgIpc) is 2.43. The summed E-state index contributed by atoms with van der Waals surface area (Å²) in [6, 6.07) is 0. The number of amides is 1. The molecule has 0 radical (unpaired) electrons. The number of aliphatic carboxylic acids is 1. The lowest BCUT2D eigenvalue weighted by atomic mass is 10.0. The van der Waals surface area contributed by atoms with E-state index in [9.17, 15) is 9.59 Å². The molecule has 0 saturated heterocycles. The Hall–Kier alpha value is -1.30. The zero-order valence-electron chi connectivity index (χ0n) is 16.1. The van der Waals surface area contributed by atoms with E-state index in [0.29, 0.717) is 19.5 Å². The van der Waals surface area contributed by atoms with Gasteiger partial charge in [0.1, 0.15) is 5.60 Å². The minimum atomic E-state index is -0.819. The molecule has 0 spiro atoms. The van der Waals surface area contributed by atoms with Gasteiger partial charge in [-0.15, -0.1) is 0 Å². The molecule has 0 aliphatic carbocycles. The summed E-state index contributed by atoms with van der Waals surface area (Å²) in [7, 11) is 0. The number of hydrogen-bond donors (Lipinski definition) is 2. The third-order valence-electron chi connectivity index (χ3n) is 3.79. The molecule has 0 fully saturated rings. The molecular weight excluding hydrogens is 308 g/mol. The zero-order valence-corrected chi connectivity index (χ0v) is 16.1. The van der Waals surface area contributed by atoms with E-state index in [2.05, 4.69) is 19.3 Å². The van der Waals surface area contributed by atoms with Gasteiger partial charge in [-0.3, -0.25) is 10.2 Å². The number of carbonyl (C=O) groups is 2. The smallest absolute Gasteiger partial charge is 0.422 e. The van der Waals surface area contributed by atoms with Gasteiger partial charge < -0.3 is 9.84 Å². The van der Waals surface area contributed by atoms with Crippen LogP contribution in [0.15, 0.2) is 0 Å². The molecule has 24 heavy (non-hydrogen) atoms. The lowest BCUT2D eigenvalue weighted by molar-refractivity contribution is -0.137. The van der Waals surface area contributed by atoms with Crippen molar-refractivity contribution in [1.82, 2.24) is 10.4 Å². The lowest BCUT2D eigenvalue weighted by Gasteiger charge is -2.26. The molecule has 0 bridgehead atoms. The normalized spacial score (nSPS) is 12.9. The Bertz CT molecular complexity index is 367. The molecule has 1 amide bonds. The van der Waals surface area contributed by atoms with Crippen LogP contribution >= 0.6 is 0 Å². The summed E-state index contributed by atoms with van der Waals surface area (Å²) in [5.74, 6) is -0.0580. The van der Waals surface area contributed by atoms with Crippen molar-refractivity contribution in [1.29, 1.82) is 0 Å². The monoisotopic (exact) mass is 344 g/mol. The van der Waals surface area contributed by atoms with E-state index in [1.54, 1.807) is 5.01 Å². The first kappa shape index (κ1) is 22.7. The second-order valence-corrected chi connectivity index (χ2v) is 7.46. The minimum absolute atomic E-state index is 0.0977. The highest BCUT2D eigenvalue weighted by molar-refractivity contribution is 5.67. The number of rotatable bonds is 12. The van der Waals surface area contributed by atoms with Gasteiger partial charge in [-0.05, 0) is 39.5 Å². The molecule has 0 aromatic rings. The van der Waals surface area contributed by atoms with Crippen LogP contribution < -0.4 is 5.43 Å². The van der Waals surface area contributed by atoms with Gasteiger partial charge in [-0.2, -0.15) is 0 Å². The van der Waals surface area contributed by atoms with Crippen molar-refractivity contribution < 1.29 is 19.4 Å². The summed E-state index contributed by atoms with van der Waals surface area (Å²) in [6.45, 7) is 11.1. The van der Waals surface area contributed by atoms with E-state index in [-0.39, 0.29) is 6.42 Å². The molecular formula is C18H36N2O4. The van der Waals surface area contributed by atoms with Crippen LogP contribution in [0.25, 0.3) is 0 Å². The van der Waals surface area contributed by atoms with Crippen LogP contribution in [0.5, 0.6) is 0 Å². The molecule has 0 aromatic heterocycles. The van der Waals surface area contributed by atoms with E-state index < -0.39 is 17.7 Å². The second-order valence-electron chi connectivity index (χ2n) is 7.46. The van der Waals surface area contributed by atoms with E-state index in [1.807, 2.05) is 20.8 Å². The fraction of sp³-hybridized carbons (Fsp3) is 0.889. The maximum absolute atomic E-state index is 11.9. The van der Waals surface area contributed by atoms with Gasteiger partial charge in [0, 0.05) is 19.5 Å². The Labute approximate surface area is 146 Å². The molecule has 1 unspecified atom stereocenters. The second kappa shape index (κ2) is 12.1. The van der Waals surface area contributed by atoms with E-state index in [4.69, 9.17) is 9.84 Å². The molecule has 0 saturated carbocycles. The number of nitrogens with one attached hydrogen (secondary N) is 1. The molecule has 6 nitrogen and oxygen atoms in total. The standard InChI is InChI=1S/C18H36N2O4/c1-6-15(2)11-8-7-9-13-20(14-10-12-16(21)22)19-17(23)24-18(3,4)5/h15H,6-14H2,1-5H3,(H,19,23)(H,21,22). The van der Waals surface area contributed by atoms with Crippen molar-refractivity contribution in [3.63, 3.8) is 0 Å². The molecule has 0 rings (SSSR count). The Balaban J connectivity index is 4.21. The highest BCUT2D eigenvalue weighted by atomic mass is 16.6. The van der Waals surface area contributed by atoms with Crippen LogP contribution in [0.4, 0.5) is 4.79 Å². The Morgan fingerprint density at radius 2 is 1.75 bits per heavy atom. The number of nitrogens with zero attached hydrogens (tertiary/aromatic N) is 1. The first-order valence-corrected chi connectivity index (χ1v) is 9.10. The Morgan fingerprint density at radius 1 is 1.12 bits per heavy atom. The van der Waals surface area contributed by atoms with Gasteiger partial charge in [0.15, 0.2) is 0 Å². The molecule has 0 heterocycles. The molecule has 0 aromatic carbocycles. The van der Waals surface area contributed by atoms with Crippen LogP contribution in [0.1, 0.15) is 79.6 Å². The fourth-order valence-electron chi connectivity index (χ4n) is 2.25. The SMILES string of the molecule is CCC(C)CCCCCN(CCCC(=O)O)NC(=O)OC(C)(C)C. The Kier molecular flexibility index (Phi) is 11.5. The summed E-state index contributed by atoms with van der Waals surface area (Å²) in [5, 5.41) is 10.5. The maximum Gasteiger partial charge on any atom is 0.422 e. The number of ether oxygens (including phenoxy) is 1. The van der Waals surface area contributed by atoms with Crippen molar-refractivity contribution in [2.75, 3.05) is 13.1 Å². The number of carboxylic acids is 1. The molecule has 0 aliphatic rings. The highest BCUT2D eigenvalue weighted by Gasteiger charge is 2.18. The number of carbonyl (C=O) groups excluding carboxylic acids is 1. The summed E-state index contributed by atoms with van der Waals surface area (Å²) in [4.78, 5) is 22.5. The largest absolute Gasteiger partial charge is 0.481 e. The zero-order chi connectivity index (χ0) is 18.6. The van der Waals surface area contributed by atoms with Crippen molar-refractivity contribution >= 4 is 12.1 Å². The van der Waals surface area contributed by atoms with Gasteiger partial charge in [-0.1, -0.05) is 39.5 Å². The highest BCUT2D eigenvalue weighted by Crippen LogP contribution is 2.12. The lowest BCUT2D eigenvalue weighted by Crippen LogP contribution is -2.45. The molecule has 0 aliphatic heterocycles. The molecule has 2 N–H and O–H groups in total. The van der Waals surface area contributed by atoms with Crippen molar-refractivity contribution in [3.05, 3.63) is 0 Å². The fourth-order valence-corrected chi connectivity index (χ4v) is 2.25. The van der Waals surface area contributed by atoms with Crippen LogP contribution in [0.2, 0.25) is 0 Å². The van der Waals surface area contributed by atoms with Gasteiger partial charge in [0.25, 0.3) is 0 Å². The van der Waals surface area contributed by atoms with Gasteiger partial charge >= 0.3 is 12.1 Å². The van der Waals surface area contributed by atoms with Gasteiger partial charge in [-0.25, -0.2) is 9.80 Å². The van der Waals surface area contributed by atoms with Crippen LogP contribution in [-0.4, -0.2) is 40.9 Å².